The van der Waals surface area contributed by atoms with Gasteiger partial charge in [-0.15, -0.1) is 0 Å². The van der Waals surface area contributed by atoms with Crippen LogP contribution in [0.4, 0.5) is 0 Å². The number of aliphatic hydroxyl groups excluding tert-OH is 1. The number of unbranched alkanes of at least 4 members (excludes halogenated alkanes) is 13. The van der Waals surface area contributed by atoms with Gasteiger partial charge in [0, 0.05) is 0 Å². The van der Waals surface area contributed by atoms with Crippen LogP contribution in [-0.2, 0) is 10.1 Å². The van der Waals surface area contributed by atoms with E-state index in [0.717, 1.165) is 57.8 Å². The van der Waals surface area contributed by atoms with Gasteiger partial charge in [-0.05, 0) is 25.7 Å². The van der Waals surface area contributed by atoms with Gasteiger partial charge in [-0.1, -0.05) is 117 Å². The molecule has 4 nitrogen and oxygen atoms in total. The normalized spacial score (nSPS) is 14.2. The highest BCUT2D eigenvalue weighted by molar-refractivity contribution is 7.86. The molecule has 0 aromatic heterocycles. The van der Waals surface area contributed by atoms with Crippen molar-refractivity contribution in [1.82, 2.24) is 0 Å². The second-order valence-electron chi connectivity index (χ2n) is 8.90. The third-order valence-electron chi connectivity index (χ3n) is 5.99. The van der Waals surface area contributed by atoms with Crippen LogP contribution in [-0.4, -0.2) is 29.4 Å². The Balaban J connectivity index is 3.68. The molecule has 0 amide bonds. The molecule has 0 radical (unpaired) electrons. The van der Waals surface area contributed by atoms with Crippen molar-refractivity contribution in [2.75, 3.05) is 0 Å². The molecule has 29 heavy (non-hydrogen) atoms. The first-order chi connectivity index (χ1) is 13.9. The maximum atomic E-state index is 11.6. The molecule has 0 aliphatic carbocycles. The van der Waals surface area contributed by atoms with Crippen molar-refractivity contribution in [2.24, 2.45) is 0 Å². The predicted molar refractivity (Wildman–Crippen MR) is 125 cm³/mol. The molecule has 2 atom stereocenters. The first-order valence-electron chi connectivity index (χ1n) is 12.6. The molecular weight excluding hydrogens is 384 g/mol. The zero-order valence-electron chi connectivity index (χ0n) is 19.4. The van der Waals surface area contributed by atoms with Gasteiger partial charge in [0.15, 0.2) is 0 Å². The van der Waals surface area contributed by atoms with Crippen LogP contribution in [0.15, 0.2) is 0 Å². The smallest absolute Gasteiger partial charge is 0.267 e. The van der Waals surface area contributed by atoms with Gasteiger partial charge in [0.2, 0.25) is 0 Å². The molecular formula is C24H50O4S. The van der Waals surface area contributed by atoms with Crippen molar-refractivity contribution < 1.29 is 18.1 Å². The van der Waals surface area contributed by atoms with Crippen molar-refractivity contribution >= 4 is 10.1 Å². The van der Waals surface area contributed by atoms with Crippen molar-refractivity contribution in [3.05, 3.63) is 0 Å². The lowest BCUT2D eigenvalue weighted by Gasteiger charge is -2.14. The minimum atomic E-state index is -3.91. The van der Waals surface area contributed by atoms with Gasteiger partial charge in [-0.2, -0.15) is 8.42 Å². The Hall–Kier alpha value is -0.130. The van der Waals surface area contributed by atoms with Crippen molar-refractivity contribution in [1.29, 1.82) is 0 Å². The Morgan fingerprint density at radius 1 is 0.552 bits per heavy atom. The Morgan fingerprint density at radius 2 is 0.931 bits per heavy atom. The zero-order chi connectivity index (χ0) is 21.8. The average Bonchev–Trinajstić information content (AvgIpc) is 2.66. The molecule has 0 aliphatic rings. The number of rotatable bonds is 22. The van der Waals surface area contributed by atoms with Crippen molar-refractivity contribution in [3.8, 4) is 0 Å². The summed E-state index contributed by atoms with van der Waals surface area (Å²) >= 11 is 0. The summed E-state index contributed by atoms with van der Waals surface area (Å²) in [5.41, 5.74) is 0. The summed E-state index contributed by atoms with van der Waals surface area (Å²) in [7, 11) is -3.91. The molecule has 0 aromatic rings. The zero-order valence-corrected chi connectivity index (χ0v) is 20.2. The van der Waals surface area contributed by atoms with E-state index >= 15 is 0 Å². The molecule has 0 aromatic carbocycles. The lowest BCUT2D eigenvalue weighted by molar-refractivity contribution is 0.150. The summed E-state index contributed by atoms with van der Waals surface area (Å²) < 4.78 is 32.8. The summed E-state index contributed by atoms with van der Waals surface area (Å²) in [6.07, 6.45) is 21.2. The van der Waals surface area contributed by atoms with Crippen LogP contribution in [0.5, 0.6) is 0 Å². The molecule has 0 saturated heterocycles. The minimum Gasteiger partial charge on any atom is -0.393 e. The first kappa shape index (κ1) is 28.9. The van der Waals surface area contributed by atoms with Gasteiger partial charge >= 0.3 is 0 Å². The maximum Gasteiger partial charge on any atom is 0.267 e. The summed E-state index contributed by atoms with van der Waals surface area (Å²) in [5, 5.41) is 9.14. The van der Waals surface area contributed by atoms with E-state index in [1.165, 1.54) is 57.8 Å². The summed E-state index contributed by atoms with van der Waals surface area (Å²) in [5.74, 6) is 0. The number of hydrogen-bond donors (Lipinski definition) is 2. The van der Waals surface area contributed by atoms with E-state index in [1.54, 1.807) is 0 Å². The highest BCUT2D eigenvalue weighted by Gasteiger charge is 2.21. The fraction of sp³-hybridized carbons (Fsp3) is 1.00. The lowest BCUT2D eigenvalue weighted by atomic mass is 10.0. The third-order valence-corrected chi connectivity index (χ3v) is 7.30. The number of aliphatic hydroxyl groups is 1. The summed E-state index contributed by atoms with van der Waals surface area (Å²) in [6, 6.07) is 0. The van der Waals surface area contributed by atoms with Gasteiger partial charge in [0.25, 0.3) is 10.1 Å². The number of hydrogen-bond acceptors (Lipinski definition) is 3. The molecule has 0 aliphatic heterocycles. The maximum absolute atomic E-state index is 11.6. The van der Waals surface area contributed by atoms with Gasteiger partial charge in [-0.3, -0.25) is 4.55 Å². The third kappa shape index (κ3) is 19.6. The average molecular weight is 435 g/mol. The fourth-order valence-corrected chi connectivity index (χ4v) is 4.99. The summed E-state index contributed by atoms with van der Waals surface area (Å²) in [4.78, 5) is 0. The fourth-order valence-electron chi connectivity index (χ4n) is 4.06. The van der Waals surface area contributed by atoms with Crippen LogP contribution in [0.1, 0.15) is 142 Å². The van der Waals surface area contributed by atoms with E-state index in [9.17, 15) is 18.1 Å². The Morgan fingerprint density at radius 3 is 1.31 bits per heavy atom. The van der Waals surface area contributed by atoms with E-state index < -0.39 is 15.4 Å². The van der Waals surface area contributed by atoms with E-state index in [1.807, 2.05) is 0 Å². The van der Waals surface area contributed by atoms with Crippen LogP contribution in [0.2, 0.25) is 0 Å². The van der Waals surface area contributed by atoms with Crippen LogP contribution in [0, 0.1) is 0 Å². The molecule has 0 heterocycles. The SMILES string of the molecule is CCCCCCCCCCC(CCCCCCCCCC(O)CCC)S(=O)(=O)O. The quantitative estimate of drug-likeness (QED) is 0.137. The Bertz CT molecular complexity index is 436. The largest absolute Gasteiger partial charge is 0.393 e. The van der Waals surface area contributed by atoms with Gasteiger partial charge in [0.05, 0.1) is 11.4 Å². The summed E-state index contributed by atoms with van der Waals surface area (Å²) in [6.45, 7) is 4.32. The minimum absolute atomic E-state index is 0.126. The molecule has 2 unspecified atom stereocenters. The van der Waals surface area contributed by atoms with Gasteiger partial charge in [-0.25, -0.2) is 0 Å². The standard InChI is InChI=1S/C24H50O4S/c1-3-5-6-7-8-11-14-17-21-24(29(26,27)28)22-18-15-12-9-10-13-16-20-23(25)19-4-2/h23-25H,3-22H2,1-2H3,(H,26,27,28). The van der Waals surface area contributed by atoms with Gasteiger partial charge in [0.1, 0.15) is 0 Å². The topological polar surface area (TPSA) is 74.6 Å². The second-order valence-corrected chi connectivity index (χ2v) is 10.6. The van der Waals surface area contributed by atoms with Crippen LogP contribution in [0.3, 0.4) is 0 Å². The van der Waals surface area contributed by atoms with Crippen molar-refractivity contribution in [3.63, 3.8) is 0 Å². The second kappa shape index (κ2) is 19.8. The molecule has 5 heteroatoms. The van der Waals surface area contributed by atoms with Crippen LogP contribution >= 0.6 is 0 Å². The molecule has 0 saturated carbocycles. The highest BCUT2D eigenvalue weighted by atomic mass is 32.2. The van der Waals surface area contributed by atoms with E-state index in [4.69, 9.17) is 0 Å². The molecule has 176 valence electrons. The lowest BCUT2D eigenvalue weighted by Crippen LogP contribution is -2.20. The monoisotopic (exact) mass is 434 g/mol. The molecule has 2 N–H and O–H groups in total. The predicted octanol–water partition coefficient (Wildman–Crippen LogP) is 7.45. The van der Waals surface area contributed by atoms with E-state index in [0.29, 0.717) is 12.8 Å². The van der Waals surface area contributed by atoms with Crippen LogP contribution < -0.4 is 0 Å². The molecule has 0 bridgehead atoms. The molecule has 0 rings (SSSR count). The Labute approximate surface area is 182 Å². The van der Waals surface area contributed by atoms with Gasteiger partial charge < -0.3 is 5.11 Å². The van der Waals surface area contributed by atoms with Crippen molar-refractivity contribution in [2.45, 2.75) is 154 Å². The molecule has 0 spiro atoms. The van der Waals surface area contributed by atoms with E-state index in [2.05, 4.69) is 13.8 Å². The molecule has 0 fully saturated rings. The van der Waals surface area contributed by atoms with E-state index in [-0.39, 0.29) is 6.10 Å². The van der Waals surface area contributed by atoms with Crippen LogP contribution in [0.25, 0.3) is 0 Å². The Kier molecular flexibility index (Phi) is 19.7. The first-order valence-corrected chi connectivity index (χ1v) is 14.1. The highest BCUT2D eigenvalue weighted by Crippen LogP contribution is 2.19.